The van der Waals surface area contributed by atoms with Crippen LogP contribution in [0.25, 0.3) is 0 Å². The summed E-state index contributed by atoms with van der Waals surface area (Å²) >= 11 is 0. The van der Waals surface area contributed by atoms with Crippen LogP contribution in [0.3, 0.4) is 0 Å². The lowest BCUT2D eigenvalue weighted by atomic mass is 10.0. The van der Waals surface area contributed by atoms with Crippen LogP contribution in [0.1, 0.15) is 31.7 Å². The van der Waals surface area contributed by atoms with Gasteiger partial charge in [0.15, 0.2) is 0 Å². The molecule has 21 heavy (non-hydrogen) atoms. The van der Waals surface area contributed by atoms with Crippen molar-refractivity contribution in [3.8, 4) is 0 Å². The van der Waals surface area contributed by atoms with Gasteiger partial charge in [-0.2, -0.15) is 0 Å². The number of benzene rings is 1. The SMILES string of the molecule is CCCCOCCCN1CCNC(Cc2ccccc2)C1. The number of nitrogens with zero attached hydrogens (tertiary/aromatic N) is 1. The molecule has 1 aromatic carbocycles. The number of nitrogens with one attached hydrogen (secondary N) is 1. The Balaban J connectivity index is 1.62. The van der Waals surface area contributed by atoms with Crippen LogP contribution in [0.5, 0.6) is 0 Å². The molecular formula is C18H30N2O. The van der Waals surface area contributed by atoms with Crippen molar-refractivity contribution < 1.29 is 4.74 Å². The standard InChI is InChI=1S/C18H30N2O/c1-2-3-13-21-14-7-11-20-12-10-19-18(16-20)15-17-8-5-4-6-9-17/h4-6,8-9,18-19H,2-3,7,10-16H2,1H3. The maximum atomic E-state index is 5.65. The average molecular weight is 290 g/mol. The van der Waals surface area contributed by atoms with Crippen molar-refractivity contribution in [3.63, 3.8) is 0 Å². The van der Waals surface area contributed by atoms with E-state index in [0.717, 1.165) is 39.1 Å². The molecule has 0 radical (unpaired) electrons. The van der Waals surface area contributed by atoms with Crippen molar-refractivity contribution in [1.29, 1.82) is 0 Å². The molecule has 0 amide bonds. The van der Waals surface area contributed by atoms with E-state index in [-0.39, 0.29) is 0 Å². The summed E-state index contributed by atoms with van der Waals surface area (Å²) in [5.41, 5.74) is 1.43. The third-order valence-corrected chi connectivity index (χ3v) is 4.07. The molecular weight excluding hydrogens is 260 g/mol. The van der Waals surface area contributed by atoms with Crippen molar-refractivity contribution in [2.24, 2.45) is 0 Å². The molecule has 2 rings (SSSR count). The molecule has 3 nitrogen and oxygen atoms in total. The molecule has 0 saturated carbocycles. The summed E-state index contributed by atoms with van der Waals surface area (Å²) in [6.45, 7) is 8.64. The van der Waals surface area contributed by atoms with Crippen LogP contribution in [0.4, 0.5) is 0 Å². The summed E-state index contributed by atoms with van der Waals surface area (Å²) in [7, 11) is 0. The van der Waals surface area contributed by atoms with E-state index in [9.17, 15) is 0 Å². The average Bonchev–Trinajstić information content (AvgIpc) is 2.52. The summed E-state index contributed by atoms with van der Waals surface area (Å²) < 4.78 is 5.65. The molecule has 0 aromatic heterocycles. The first-order valence-corrected chi connectivity index (χ1v) is 8.46. The minimum absolute atomic E-state index is 0.585. The summed E-state index contributed by atoms with van der Waals surface area (Å²) in [4.78, 5) is 2.58. The monoisotopic (exact) mass is 290 g/mol. The number of piperazine rings is 1. The predicted molar refractivity (Wildman–Crippen MR) is 88.7 cm³/mol. The molecule has 3 heteroatoms. The first-order valence-electron chi connectivity index (χ1n) is 8.46. The molecule has 0 aliphatic carbocycles. The predicted octanol–water partition coefficient (Wildman–Crippen LogP) is 2.71. The van der Waals surface area contributed by atoms with Crippen LogP contribution in [0.2, 0.25) is 0 Å². The Labute approximate surface area is 129 Å². The zero-order valence-corrected chi connectivity index (χ0v) is 13.4. The highest BCUT2D eigenvalue weighted by Gasteiger charge is 2.18. The van der Waals surface area contributed by atoms with E-state index in [1.54, 1.807) is 0 Å². The highest BCUT2D eigenvalue weighted by molar-refractivity contribution is 5.16. The Bertz CT molecular complexity index is 369. The Morgan fingerprint density at radius 2 is 2.00 bits per heavy atom. The molecule has 1 heterocycles. The minimum Gasteiger partial charge on any atom is -0.381 e. The Kier molecular flexibility index (Phi) is 7.79. The van der Waals surface area contributed by atoms with Crippen molar-refractivity contribution in [1.82, 2.24) is 10.2 Å². The number of unbranched alkanes of at least 4 members (excludes halogenated alkanes) is 1. The second-order valence-corrected chi connectivity index (χ2v) is 5.96. The Morgan fingerprint density at radius 3 is 2.81 bits per heavy atom. The van der Waals surface area contributed by atoms with Gasteiger partial charge in [0.05, 0.1) is 0 Å². The van der Waals surface area contributed by atoms with Gasteiger partial charge in [0.2, 0.25) is 0 Å². The molecule has 1 aromatic rings. The molecule has 1 aliphatic heterocycles. The van der Waals surface area contributed by atoms with Crippen LogP contribution in [0.15, 0.2) is 30.3 Å². The third kappa shape index (κ3) is 6.60. The van der Waals surface area contributed by atoms with Gasteiger partial charge < -0.3 is 15.0 Å². The van der Waals surface area contributed by atoms with Gasteiger partial charge in [0.1, 0.15) is 0 Å². The van der Waals surface area contributed by atoms with Crippen molar-refractivity contribution in [2.45, 2.75) is 38.6 Å². The van der Waals surface area contributed by atoms with Crippen molar-refractivity contribution in [3.05, 3.63) is 35.9 Å². The molecule has 0 spiro atoms. The fraction of sp³-hybridized carbons (Fsp3) is 0.667. The van der Waals surface area contributed by atoms with Crippen LogP contribution in [-0.2, 0) is 11.2 Å². The second kappa shape index (κ2) is 9.93. The quantitative estimate of drug-likeness (QED) is 0.708. The lowest BCUT2D eigenvalue weighted by Gasteiger charge is -2.33. The summed E-state index contributed by atoms with van der Waals surface area (Å²) in [6, 6.07) is 11.4. The zero-order valence-electron chi connectivity index (χ0n) is 13.4. The zero-order chi connectivity index (χ0) is 14.8. The van der Waals surface area contributed by atoms with Crippen LogP contribution in [-0.4, -0.2) is 50.3 Å². The van der Waals surface area contributed by atoms with Crippen LogP contribution < -0.4 is 5.32 Å². The van der Waals surface area contributed by atoms with E-state index in [1.165, 1.54) is 31.5 Å². The van der Waals surface area contributed by atoms with Gasteiger partial charge in [0.25, 0.3) is 0 Å². The van der Waals surface area contributed by atoms with E-state index in [4.69, 9.17) is 4.74 Å². The van der Waals surface area contributed by atoms with Crippen LogP contribution in [0, 0.1) is 0 Å². The summed E-state index contributed by atoms with van der Waals surface area (Å²) in [5.74, 6) is 0. The van der Waals surface area contributed by atoms with E-state index >= 15 is 0 Å². The van der Waals surface area contributed by atoms with Crippen molar-refractivity contribution in [2.75, 3.05) is 39.4 Å². The number of hydrogen-bond acceptors (Lipinski definition) is 3. The lowest BCUT2D eigenvalue weighted by molar-refractivity contribution is 0.111. The van der Waals surface area contributed by atoms with E-state index in [1.807, 2.05) is 0 Å². The Hall–Kier alpha value is -0.900. The number of hydrogen-bond donors (Lipinski definition) is 1. The molecule has 1 N–H and O–H groups in total. The maximum absolute atomic E-state index is 5.65. The highest BCUT2D eigenvalue weighted by Crippen LogP contribution is 2.08. The van der Waals surface area contributed by atoms with Crippen molar-refractivity contribution >= 4 is 0 Å². The normalized spacial score (nSPS) is 19.8. The summed E-state index contributed by atoms with van der Waals surface area (Å²) in [5, 5.41) is 3.64. The van der Waals surface area contributed by atoms with Gasteiger partial charge in [-0.15, -0.1) is 0 Å². The van der Waals surface area contributed by atoms with E-state index in [0.29, 0.717) is 6.04 Å². The first-order chi connectivity index (χ1) is 10.4. The van der Waals surface area contributed by atoms with Gasteiger partial charge in [-0.25, -0.2) is 0 Å². The second-order valence-electron chi connectivity index (χ2n) is 5.96. The van der Waals surface area contributed by atoms with Gasteiger partial charge in [0, 0.05) is 45.4 Å². The molecule has 118 valence electrons. The van der Waals surface area contributed by atoms with E-state index < -0.39 is 0 Å². The lowest BCUT2D eigenvalue weighted by Crippen LogP contribution is -2.51. The molecule has 1 aliphatic rings. The van der Waals surface area contributed by atoms with Gasteiger partial charge in [-0.05, 0) is 24.8 Å². The maximum Gasteiger partial charge on any atom is 0.0478 e. The number of ether oxygens (including phenoxy) is 1. The molecule has 0 bridgehead atoms. The minimum atomic E-state index is 0.585. The molecule has 1 fully saturated rings. The molecule has 1 saturated heterocycles. The molecule has 1 unspecified atom stereocenters. The fourth-order valence-corrected chi connectivity index (χ4v) is 2.87. The third-order valence-electron chi connectivity index (χ3n) is 4.07. The molecule has 1 atom stereocenters. The largest absolute Gasteiger partial charge is 0.381 e. The van der Waals surface area contributed by atoms with Gasteiger partial charge >= 0.3 is 0 Å². The first kappa shape index (κ1) is 16.5. The van der Waals surface area contributed by atoms with E-state index in [2.05, 4.69) is 47.5 Å². The Morgan fingerprint density at radius 1 is 1.19 bits per heavy atom. The highest BCUT2D eigenvalue weighted by atomic mass is 16.5. The fourth-order valence-electron chi connectivity index (χ4n) is 2.87. The smallest absolute Gasteiger partial charge is 0.0478 e. The van der Waals surface area contributed by atoms with Crippen LogP contribution >= 0.6 is 0 Å². The number of rotatable bonds is 9. The summed E-state index contributed by atoms with van der Waals surface area (Å²) in [6.07, 6.45) is 4.69. The van der Waals surface area contributed by atoms with Gasteiger partial charge in [-0.1, -0.05) is 43.7 Å². The van der Waals surface area contributed by atoms with Gasteiger partial charge in [-0.3, -0.25) is 0 Å². The topological polar surface area (TPSA) is 24.5 Å².